The van der Waals surface area contributed by atoms with Crippen LogP contribution >= 0.6 is 22.9 Å². The monoisotopic (exact) mass is 335 g/mol. The van der Waals surface area contributed by atoms with Gasteiger partial charge in [0.2, 0.25) is 0 Å². The Labute approximate surface area is 129 Å². The van der Waals surface area contributed by atoms with Crippen LogP contribution in [0.2, 0.25) is 0 Å². The SMILES string of the molecule is CC(OCc1ccc(-c2nc(CCl)cs2)cc1)C(F)(F)F. The summed E-state index contributed by atoms with van der Waals surface area (Å²) >= 11 is 7.18. The fraction of sp³-hybridized carbons (Fsp3) is 0.357. The van der Waals surface area contributed by atoms with Gasteiger partial charge < -0.3 is 4.74 Å². The first kappa shape index (κ1) is 16.3. The molecule has 0 N–H and O–H groups in total. The van der Waals surface area contributed by atoms with Crippen molar-refractivity contribution in [2.45, 2.75) is 31.7 Å². The molecular formula is C14H13ClF3NOS. The van der Waals surface area contributed by atoms with Crippen molar-refractivity contribution in [3.05, 3.63) is 40.9 Å². The van der Waals surface area contributed by atoms with Gasteiger partial charge in [-0.2, -0.15) is 13.2 Å². The molecule has 2 aromatic rings. The molecular weight excluding hydrogens is 323 g/mol. The van der Waals surface area contributed by atoms with E-state index in [1.807, 2.05) is 17.5 Å². The maximum atomic E-state index is 12.3. The second-order valence-corrected chi connectivity index (χ2v) is 5.59. The van der Waals surface area contributed by atoms with Gasteiger partial charge in [0.05, 0.1) is 18.2 Å². The van der Waals surface area contributed by atoms with Crippen molar-refractivity contribution >= 4 is 22.9 Å². The summed E-state index contributed by atoms with van der Waals surface area (Å²) < 4.78 is 41.8. The number of nitrogens with zero attached hydrogens (tertiary/aromatic N) is 1. The first-order chi connectivity index (χ1) is 9.90. The van der Waals surface area contributed by atoms with Crippen molar-refractivity contribution in [1.29, 1.82) is 0 Å². The fourth-order valence-electron chi connectivity index (χ4n) is 1.56. The number of alkyl halides is 4. The van der Waals surface area contributed by atoms with E-state index in [0.717, 1.165) is 23.2 Å². The second-order valence-electron chi connectivity index (χ2n) is 4.47. The standard InChI is InChI=1S/C14H13ClF3NOS/c1-9(14(16,17)18)20-7-10-2-4-11(5-3-10)13-19-12(6-15)8-21-13/h2-5,8-9H,6-7H2,1H3. The highest BCUT2D eigenvalue weighted by Gasteiger charge is 2.36. The molecule has 0 saturated heterocycles. The minimum atomic E-state index is -4.33. The van der Waals surface area contributed by atoms with Crippen molar-refractivity contribution in [3.8, 4) is 10.6 Å². The fourth-order valence-corrected chi connectivity index (χ4v) is 2.61. The van der Waals surface area contributed by atoms with Crippen LogP contribution in [0.1, 0.15) is 18.2 Å². The van der Waals surface area contributed by atoms with E-state index in [0.29, 0.717) is 11.4 Å². The molecule has 114 valence electrons. The normalized spacial score (nSPS) is 13.4. The van der Waals surface area contributed by atoms with Crippen LogP contribution in [-0.4, -0.2) is 17.3 Å². The number of benzene rings is 1. The summed E-state index contributed by atoms with van der Waals surface area (Å²) in [5, 5.41) is 2.71. The van der Waals surface area contributed by atoms with Gasteiger partial charge in [-0.1, -0.05) is 24.3 Å². The van der Waals surface area contributed by atoms with Gasteiger partial charge in [0, 0.05) is 10.9 Å². The van der Waals surface area contributed by atoms with Crippen molar-refractivity contribution in [2.24, 2.45) is 0 Å². The molecule has 2 nitrogen and oxygen atoms in total. The van der Waals surface area contributed by atoms with Crippen molar-refractivity contribution < 1.29 is 17.9 Å². The van der Waals surface area contributed by atoms with E-state index < -0.39 is 12.3 Å². The molecule has 0 amide bonds. The highest BCUT2D eigenvalue weighted by molar-refractivity contribution is 7.13. The number of ether oxygens (including phenoxy) is 1. The Hall–Kier alpha value is -1.11. The average Bonchev–Trinajstić information content (AvgIpc) is 2.93. The highest BCUT2D eigenvalue weighted by atomic mass is 35.5. The largest absolute Gasteiger partial charge is 0.414 e. The molecule has 1 heterocycles. The maximum absolute atomic E-state index is 12.3. The summed E-state index contributed by atoms with van der Waals surface area (Å²) in [6.45, 7) is 0.920. The molecule has 1 unspecified atom stereocenters. The van der Waals surface area contributed by atoms with Crippen LogP contribution in [0.25, 0.3) is 10.6 Å². The predicted molar refractivity (Wildman–Crippen MR) is 77.4 cm³/mol. The molecule has 0 aliphatic heterocycles. The molecule has 1 atom stereocenters. The van der Waals surface area contributed by atoms with Gasteiger partial charge in [-0.25, -0.2) is 4.98 Å². The molecule has 7 heteroatoms. The molecule has 0 aliphatic rings. The van der Waals surface area contributed by atoms with E-state index >= 15 is 0 Å². The molecule has 1 aromatic carbocycles. The third kappa shape index (κ3) is 4.43. The number of thiazole rings is 1. The predicted octanol–water partition coefficient (Wildman–Crippen LogP) is 5.02. The third-order valence-corrected chi connectivity index (χ3v) is 4.06. The maximum Gasteiger partial charge on any atom is 0.414 e. The Kier molecular flexibility index (Phi) is 5.24. The molecule has 0 aliphatic carbocycles. The molecule has 0 radical (unpaired) electrons. The lowest BCUT2D eigenvalue weighted by Crippen LogP contribution is -2.28. The Morgan fingerprint density at radius 2 is 1.95 bits per heavy atom. The van der Waals surface area contributed by atoms with E-state index in [-0.39, 0.29) is 6.61 Å². The average molecular weight is 336 g/mol. The third-order valence-electron chi connectivity index (χ3n) is 2.85. The van der Waals surface area contributed by atoms with Gasteiger partial charge in [-0.05, 0) is 12.5 Å². The Morgan fingerprint density at radius 3 is 2.48 bits per heavy atom. The lowest BCUT2D eigenvalue weighted by molar-refractivity contribution is -0.217. The summed E-state index contributed by atoms with van der Waals surface area (Å²) in [5.41, 5.74) is 2.40. The number of halogens is 4. The molecule has 1 aromatic heterocycles. The number of hydrogen-bond acceptors (Lipinski definition) is 3. The Morgan fingerprint density at radius 1 is 1.29 bits per heavy atom. The number of hydrogen-bond donors (Lipinski definition) is 0. The topological polar surface area (TPSA) is 22.1 Å². The molecule has 21 heavy (non-hydrogen) atoms. The van der Waals surface area contributed by atoms with Gasteiger partial charge in [0.25, 0.3) is 0 Å². The Bertz CT molecular complexity index is 583. The lowest BCUT2D eigenvalue weighted by atomic mass is 10.1. The quantitative estimate of drug-likeness (QED) is 0.716. The van der Waals surface area contributed by atoms with Crippen molar-refractivity contribution in [1.82, 2.24) is 4.98 Å². The smallest absolute Gasteiger partial charge is 0.364 e. The highest BCUT2D eigenvalue weighted by Crippen LogP contribution is 2.26. The van der Waals surface area contributed by atoms with E-state index in [1.165, 1.54) is 11.3 Å². The van der Waals surface area contributed by atoms with Crippen LogP contribution in [0.4, 0.5) is 13.2 Å². The lowest BCUT2D eigenvalue weighted by Gasteiger charge is -2.16. The first-order valence-corrected chi connectivity index (χ1v) is 7.59. The van der Waals surface area contributed by atoms with Crippen LogP contribution in [-0.2, 0) is 17.2 Å². The summed E-state index contributed by atoms with van der Waals surface area (Å²) in [7, 11) is 0. The minimum Gasteiger partial charge on any atom is -0.364 e. The minimum absolute atomic E-state index is 0.0776. The van der Waals surface area contributed by atoms with Gasteiger partial charge in [0.15, 0.2) is 6.10 Å². The van der Waals surface area contributed by atoms with Crippen molar-refractivity contribution in [2.75, 3.05) is 0 Å². The van der Waals surface area contributed by atoms with E-state index in [2.05, 4.69) is 4.98 Å². The molecule has 0 saturated carbocycles. The second kappa shape index (κ2) is 6.77. The first-order valence-electron chi connectivity index (χ1n) is 6.18. The van der Waals surface area contributed by atoms with Crippen LogP contribution < -0.4 is 0 Å². The molecule has 0 fully saturated rings. The number of rotatable bonds is 5. The van der Waals surface area contributed by atoms with Crippen LogP contribution in [0.3, 0.4) is 0 Å². The Balaban J connectivity index is 1.99. The van der Waals surface area contributed by atoms with E-state index in [4.69, 9.17) is 16.3 Å². The van der Waals surface area contributed by atoms with Gasteiger partial charge >= 0.3 is 6.18 Å². The van der Waals surface area contributed by atoms with Crippen molar-refractivity contribution in [3.63, 3.8) is 0 Å². The zero-order valence-corrected chi connectivity index (χ0v) is 12.7. The summed E-state index contributed by atoms with van der Waals surface area (Å²) in [5.74, 6) is 0.359. The summed E-state index contributed by atoms with van der Waals surface area (Å²) in [6.07, 6.45) is -6.11. The molecule has 0 bridgehead atoms. The van der Waals surface area contributed by atoms with Gasteiger partial charge in [0.1, 0.15) is 5.01 Å². The van der Waals surface area contributed by atoms with E-state index in [9.17, 15) is 13.2 Å². The van der Waals surface area contributed by atoms with Gasteiger partial charge in [-0.3, -0.25) is 0 Å². The van der Waals surface area contributed by atoms with Gasteiger partial charge in [-0.15, -0.1) is 22.9 Å². The number of aromatic nitrogens is 1. The zero-order valence-electron chi connectivity index (χ0n) is 11.2. The summed E-state index contributed by atoms with van der Waals surface area (Å²) in [4.78, 5) is 4.34. The molecule has 2 rings (SSSR count). The summed E-state index contributed by atoms with van der Waals surface area (Å²) in [6, 6.07) is 7.10. The van der Waals surface area contributed by atoms with Crippen LogP contribution in [0.15, 0.2) is 29.6 Å². The van der Waals surface area contributed by atoms with Crippen LogP contribution in [0.5, 0.6) is 0 Å². The van der Waals surface area contributed by atoms with Crippen LogP contribution in [0, 0.1) is 0 Å². The van der Waals surface area contributed by atoms with E-state index in [1.54, 1.807) is 12.1 Å². The zero-order chi connectivity index (χ0) is 15.5. The molecule has 0 spiro atoms.